The summed E-state index contributed by atoms with van der Waals surface area (Å²) in [6.07, 6.45) is -3.36. The highest BCUT2D eigenvalue weighted by molar-refractivity contribution is 7.71. The van der Waals surface area contributed by atoms with E-state index in [-0.39, 0.29) is 21.6 Å². The van der Waals surface area contributed by atoms with Crippen LogP contribution in [-0.4, -0.2) is 9.67 Å². The molecular weight excluding hydrogens is 294 g/mol. The van der Waals surface area contributed by atoms with Gasteiger partial charge in [0, 0.05) is 11.9 Å². The predicted octanol–water partition coefficient (Wildman–Crippen LogP) is 4.38. The van der Waals surface area contributed by atoms with Crippen molar-refractivity contribution in [3.05, 3.63) is 52.0 Å². The van der Waals surface area contributed by atoms with E-state index in [1.807, 2.05) is 0 Å². The van der Waals surface area contributed by atoms with E-state index >= 15 is 0 Å². The maximum absolute atomic E-state index is 13.2. The van der Waals surface area contributed by atoms with Gasteiger partial charge >= 0.3 is 6.18 Å². The van der Waals surface area contributed by atoms with Crippen LogP contribution >= 0.6 is 12.2 Å². The van der Waals surface area contributed by atoms with Crippen LogP contribution in [0.2, 0.25) is 0 Å². The van der Waals surface area contributed by atoms with E-state index in [2.05, 4.69) is 0 Å². The lowest BCUT2D eigenvalue weighted by Gasteiger charge is -2.15. The van der Waals surface area contributed by atoms with Gasteiger partial charge in [0.1, 0.15) is 5.82 Å². The first-order valence-corrected chi connectivity index (χ1v) is 5.91. The minimum Gasteiger partial charge on any atom is -0.505 e. The van der Waals surface area contributed by atoms with Gasteiger partial charge in [-0.15, -0.1) is 0 Å². The van der Waals surface area contributed by atoms with Crippen molar-refractivity contribution in [1.29, 1.82) is 0 Å². The highest BCUT2D eigenvalue weighted by Gasteiger charge is 2.34. The second-order valence-corrected chi connectivity index (χ2v) is 4.59. The Labute approximate surface area is 116 Å². The number of aromatic nitrogens is 1. The van der Waals surface area contributed by atoms with E-state index in [9.17, 15) is 22.7 Å². The molecule has 0 saturated carbocycles. The minimum atomic E-state index is -4.78. The van der Waals surface area contributed by atoms with Gasteiger partial charge in [0.25, 0.3) is 0 Å². The van der Waals surface area contributed by atoms with E-state index in [0.29, 0.717) is 6.07 Å². The Balaban J connectivity index is 2.66. The summed E-state index contributed by atoms with van der Waals surface area (Å²) in [6, 6.07) is 4.00. The van der Waals surface area contributed by atoms with Gasteiger partial charge < -0.3 is 9.67 Å². The largest absolute Gasteiger partial charge is 0.505 e. The lowest BCUT2D eigenvalue weighted by molar-refractivity contribution is -0.140. The van der Waals surface area contributed by atoms with Crippen LogP contribution in [0.15, 0.2) is 30.5 Å². The summed E-state index contributed by atoms with van der Waals surface area (Å²) in [4.78, 5) is 0. The van der Waals surface area contributed by atoms with Crippen molar-refractivity contribution >= 4 is 12.2 Å². The maximum Gasteiger partial charge on any atom is 0.419 e. The second kappa shape index (κ2) is 4.90. The van der Waals surface area contributed by atoms with Crippen LogP contribution in [0.3, 0.4) is 0 Å². The average Bonchev–Trinajstić information content (AvgIpc) is 2.36. The SMILES string of the molecule is Cc1c(O)c(=S)ccn1-c1ccc(F)c(C(F)(F)F)c1. The van der Waals surface area contributed by atoms with Gasteiger partial charge in [-0.25, -0.2) is 4.39 Å². The number of halogens is 4. The van der Waals surface area contributed by atoms with Crippen molar-refractivity contribution in [2.24, 2.45) is 0 Å². The van der Waals surface area contributed by atoms with Crippen LogP contribution in [-0.2, 0) is 6.18 Å². The summed E-state index contributed by atoms with van der Waals surface area (Å²) >= 11 is 4.85. The first-order chi connectivity index (χ1) is 9.21. The van der Waals surface area contributed by atoms with Gasteiger partial charge in [-0.05, 0) is 31.2 Å². The van der Waals surface area contributed by atoms with E-state index in [1.165, 1.54) is 29.8 Å². The molecule has 0 bridgehead atoms. The highest BCUT2D eigenvalue weighted by Crippen LogP contribution is 2.33. The molecule has 1 aromatic carbocycles. The zero-order valence-electron chi connectivity index (χ0n) is 10.2. The Bertz CT molecular complexity index is 721. The van der Waals surface area contributed by atoms with Crippen LogP contribution in [0.25, 0.3) is 5.69 Å². The molecule has 0 amide bonds. The van der Waals surface area contributed by atoms with Crippen LogP contribution in [0.1, 0.15) is 11.3 Å². The number of benzene rings is 1. The first-order valence-electron chi connectivity index (χ1n) is 5.50. The zero-order valence-corrected chi connectivity index (χ0v) is 11.0. The minimum absolute atomic E-state index is 0.0847. The fourth-order valence-corrected chi connectivity index (χ4v) is 1.99. The number of aromatic hydroxyl groups is 1. The number of rotatable bonds is 1. The molecule has 0 atom stereocenters. The molecular formula is C13H9F4NOS. The lowest BCUT2D eigenvalue weighted by atomic mass is 10.1. The molecule has 0 unspecified atom stereocenters. The normalized spacial score (nSPS) is 11.7. The summed E-state index contributed by atoms with van der Waals surface area (Å²) in [6.45, 7) is 1.50. The van der Waals surface area contributed by atoms with Gasteiger partial charge in [-0.2, -0.15) is 13.2 Å². The number of hydrogen-bond acceptors (Lipinski definition) is 2. The number of nitrogens with zero attached hydrogens (tertiary/aromatic N) is 1. The van der Waals surface area contributed by atoms with Crippen molar-refractivity contribution in [2.75, 3.05) is 0 Å². The van der Waals surface area contributed by atoms with Gasteiger partial charge in [-0.3, -0.25) is 0 Å². The van der Waals surface area contributed by atoms with Crippen LogP contribution in [0.5, 0.6) is 5.75 Å². The smallest absolute Gasteiger partial charge is 0.419 e. The number of alkyl halides is 3. The van der Waals surface area contributed by atoms with Crippen molar-refractivity contribution < 1.29 is 22.7 Å². The molecule has 0 saturated heterocycles. The topological polar surface area (TPSA) is 25.2 Å². The summed E-state index contributed by atoms with van der Waals surface area (Å²) in [7, 11) is 0. The number of hydrogen-bond donors (Lipinski definition) is 1. The van der Waals surface area contributed by atoms with Gasteiger partial charge in [0.2, 0.25) is 0 Å². The number of pyridine rings is 1. The Morgan fingerprint density at radius 3 is 2.45 bits per heavy atom. The second-order valence-electron chi connectivity index (χ2n) is 4.15. The molecule has 2 rings (SSSR count). The summed E-state index contributed by atoms with van der Waals surface area (Å²) in [5.74, 6) is -1.54. The Hall–Kier alpha value is -1.89. The third-order valence-corrected chi connectivity index (χ3v) is 3.18. The van der Waals surface area contributed by atoms with Crippen molar-refractivity contribution in [3.8, 4) is 11.4 Å². The molecule has 106 valence electrons. The van der Waals surface area contributed by atoms with Crippen molar-refractivity contribution in [2.45, 2.75) is 13.1 Å². The van der Waals surface area contributed by atoms with E-state index in [0.717, 1.165) is 6.07 Å². The third kappa shape index (κ3) is 2.53. The van der Waals surface area contributed by atoms with Gasteiger partial charge in [0.15, 0.2) is 5.75 Å². The average molecular weight is 303 g/mol. The summed E-state index contributed by atoms with van der Waals surface area (Å²) < 4.78 is 52.7. The molecule has 1 aromatic heterocycles. The van der Waals surface area contributed by atoms with Crippen LogP contribution in [0, 0.1) is 17.3 Å². The molecule has 0 aliphatic rings. The van der Waals surface area contributed by atoms with Gasteiger partial charge in [0.05, 0.1) is 15.8 Å². The van der Waals surface area contributed by atoms with Crippen molar-refractivity contribution in [3.63, 3.8) is 0 Å². The molecule has 0 aliphatic carbocycles. The molecule has 20 heavy (non-hydrogen) atoms. The molecule has 0 spiro atoms. The molecule has 2 aromatic rings. The van der Waals surface area contributed by atoms with E-state index < -0.39 is 17.6 Å². The Kier molecular flexibility index (Phi) is 3.56. The summed E-state index contributed by atoms with van der Waals surface area (Å²) in [5.41, 5.74) is -0.998. The first kappa shape index (κ1) is 14.5. The molecule has 7 heteroatoms. The zero-order chi connectivity index (χ0) is 15.1. The lowest BCUT2D eigenvalue weighted by Crippen LogP contribution is -2.10. The van der Waals surface area contributed by atoms with E-state index in [1.54, 1.807) is 0 Å². The standard InChI is InChI=1S/C13H9F4NOS/c1-7-12(19)11(20)4-5-18(7)8-2-3-10(14)9(6-8)13(15,16)17/h2-6,19H,1H3. The molecule has 0 radical (unpaired) electrons. The molecule has 1 heterocycles. The van der Waals surface area contributed by atoms with Crippen LogP contribution < -0.4 is 0 Å². The monoisotopic (exact) mass is 303 g/mol. The predicted molar refractivity (Wildman–Crippen MR) is 68.0 cm³/mol. The molecule has 1 N–H and O–H groups in total. The fourth-order valence-electron chi connectivity index (χ4n) is 1.79. The third-order valence-electron chi connectivity index (χ3n) is 2.85. The van der Waals surface area contributed by atoms with E-state index in [4.69, 9.17) is 12.2 Å². The molecule has 0 fully saturated rings. The van der Waals surface area contributed by atoms with Gasteiger partial charge in [-0.1, -0.05) is 12.2 Å². The van der Waals surface area contributed by atoms with Crippen LogP contribution in [0.4, 0.5) is 17.6 Å². The van der Waals surface area contributed by atoms with Crippen molar-refractivity contribution in [1.82, 2.24) is 4.57 Å². The summed E-state index contributed by atoms with van der Waals surface area (Å²) in [5, 5.41) is 9.71. The molecule has 0 aliphatic heterocycles. The Morgan fingerprint density at radius 2 is 1.85 bits per heavy atom. The Morgan fingerprint density at radius 1 is 1.20 bits per heavy atom. The highest BCUT2D eigenvalue weighted by atomic mass is 32.1. The maximum atomic E-state index is 13.2. The molecule has 2 nitrogen and oxygen atoms in total. The quantitative estimate of drug-likeness (QED) is 0.625. The fraction of sp³-hybridized carbons (Fsp3) is 0.154.